The molecule has 7 nitrogen and oxygen atoms in total. The molecule has 1 N–H and O–H groups in total. The Kier molecular flexibility index (Phi) is 11.1. The van der Waals surface area contributed by atoms with Gasteiger partial charge in [-0.1, -0.05) is 12.7 Å². The second kappa shape index (κ2) is 13.8. The molecule has 1 saturated heterocycles. The first-order valence-corrected chi connectivity index (χ1v) is 12.4. The predicted molar refractivity (Wildman–Crippen MR) is 147 cm³/mol. The van der Waals surface area contributed by atoms with E-state index in [0.717, 1.165) is 67.0 Å². The number of hydrogen-bond acceptors (Lipinski definition) is 5. The zero-order valence-electron chi connectivity index (χ0n) is 22.6. The van der Waals surface area contributed by atoms with Crippen molar-refractivity contribution in [3.63, 3.8) is 0 Å². The number of ether oxygens (including phenoxy) is 2. The number of hydrogen-bond donors (Lipinski definition) is 1. The average Bonchev–Trinajstić information content (AvgIpc) is 2.86. The van der Waals surface area contributed by atoms with Crippen LogP contribution in [0.25, 0.3) is 0 Å². The highest BCUT2D eigenvalue weighted by molar-refractivity contribution is 6.16. The molecule has 1 fully saturated rings. The Bertz CT molecular complexity index is 1010. The number of nitrogens with zero attached hydrogens (tertiary/aromatic N) is 3. The number of allylic oxidation sites excluding steroid dienone is 4. The van der Waals surface area contributed by atoms with Gasteiger partial charge in [0.05, 0.1) is 5.71 Å². The molecule has 0 saturated carbocycles. The summed E-state index contributed by atoms with van der Waals surface area (Å²) in [4.78, 5) is 23.6. The molecule has 36 heavy (non-hydrogen) atoms. The summed E-state index contributed by atoms with van der Waals surface area (Å²) < 4.78 is 11.5. The van der Waals surface area contributed by atoms with Crippen molar-refractivity contribution in [3.8, 4) is 5.75 Å². The van der Waals surface area contributed by atoms with E-state index in [1.54, 1.807) is 11.9 Å². The molecule has 1 aromatic carbocycles. The molecule has 1 aliphatic carbocycles. The second-order valence-electron chi connectivity index (χ2n) is 9.78. The standard InChI is InChI=1S/C28H37N3O3.CH4O/c1-20(2)25(21-12-14-24(15-13-21)33-23-10-8-7-9-11-23)30-26(29-6)22-16-18-31(19-17-22)27(32)34-28(3,4)5;1-2/h8,10-15,22H,1,7,9,16-19H2,2-6H3;2H,1H3. The van der Waals surface area contributed by atoms with Gasteiger partial charge in [-0.25, -0.2) is 9.79 Å². The van der Waals surface area contributed by atoms with E-state index in [0.29, 0.717) is 13.1 Å². The smallest absolute Gasteiger partial charge is 0.410 e. The first kappa shape index (κ1) is 29.0. The fourth-order valence-corrected chi connectivity index (χ4v) is 3.97. The van der Waals surface area contributed by atoms with Crippen LogP contribution in [0.4, 0.5) is 4.79 Å². The van der Waals surface area contributed by atoms with Gasteiger partial charge in [0, 0.05) is 38.7 Å². The third-order valence-corrected chi connectivity index (χ3v) is 5.70. The molecule has 196 valence electrons. The summed E-state index contributed by atoms with van der Waals surface area (Å²) in [7, 11) is 2.78. The van der Waals surface area contributed by atoms with Crippen LogP contribution in [0.2, 0.25) is 0 Å². The molecule has 0 bridgehead atoms. The summed E-state index contributed by atoms with van der Waals surface area (Å²) in [5, 5.41) is 7.00. The van der Waals surface area contributed by atoms with Gasteiger partial charge >= 0.3 is 6.09 Å². The van der Waals surface area contributed by atoms with Crippen molar-refractivity contribution in [2.75, 3.05) is 27.2 Å². The lowest BCUT2D eigenvalue weighted by atomic mass is 9.95. The van der Waals surface area contributed by atoms with Crippen LogP contribution in [-0.2, 0) is 4.74 Å². The van der Waals surface area contributed by atoms with Crippen LogP contribution in [0.5, 0.6) is 5.75 Å². The maximum atomic E-state index is 12.4. The Morgan fingerprint density at radius 1 is 1.11 bits per heavy atom. The van der Waals surface area contributed by atoms with Crippen molar-refractivity contribution >= 4 is 17.6 Å². The Hall–Kier alpha value is -3.19. The molecule has 0 aromatic heterocycles. The van der Waals surface area contributed by atoms with Gasteiger partial charge in [-0.2, -0.15) is 0 Å². The van der Waals surface area contributed by atoms with Gasteiger partial charge in [0.25, 0.3) is 0 Å². The molecule has 7 heteroatoms. The van der Waals surface area contributed by atoms with Crippen molar-refractivity contribution in [1.82, 2.24) is 4.90 Å². The average molecular weight is 496 g/mol. The maximum absolute atomic E-state index is 12.4. The lowest BCUT2D eigenvalue weighted by Crippen LogP contribution is -2.42. The molecule has 1 amide bonds. The lowest BCUT2D eigenvalue weighted by Gasteiger charge is -2.33. The number of benzene rings is 1. The molecule has 1 aromatic rings. The van der Waals surface area contributed by atoms with Crippen LogP contribution < -0.4 is 4.74 Å². The number of amidine groups is 1. The van der Waals surface area contributed by atoms with Crippen LogP contribution in [-0.4, -0.2) is 60.5 Å². The number of likely N-dealkylation sites (tertiary alicyclic amines) is 1. The molecular formula is C29H41N3O4. The van der Waals surface area contributed by atoms with Crippen molar-refractivity contribution in [2.24, 2.45) is 15.9 Å². The molecule has 0 unspecified atom stereocenters. The summed E-state index contributed by atoms with van der Waals surface area (Å²) >= 11 is 0. The van der Waals surface area contributed by atoms with E-state index in [4.69, 9.17) is 19.6 Å². The van der Waals surface area contributed by atoms with E-state index < -0.39 is 5.60 Å². The van der Waals surface area contributed by atoms with Crippen molar-refractivity contribution in [3.05, 3.63) is 66.0 Å². The lowest BCUT2D eigenvalue weighted by molar-refractivity contribution is 0.0201. The number of amides is 1. The normalized spacial score (nSPS) is 17.1. The molecule has 0 radical (unpaired) electrons. The van der Waals surface area contributed by atoms with E-state index in [1.807, 2.05) is 58.0 Å². The van der Waals surface area contributed by atoms with E-state index in [9.17, 15) is 4.79 Å². The highest BCUT2D eigenvalue weighted by Gasteiger charge is 2.29. The van der Waals surface area contributed by atoms with E-state index in [-0.39, 0.29) is 12.0 Å². The van der Waals surface area contributed by atoms with E-state index in [2.05, 4.69) is 23.7 Å². The van der Waals surface area contributed by atoms with Gasteiger partial charge in [0.2, 0.25) is 0 Å². The summed E-state index contributed by atoms with van der Waals surface area (Å²) in [6, 6.07) is 7.93. The second-order valence-corrected chi connectivity index (χ2v) is 9.78. The van der Waals surface area contributed by atoms with Crippen LogP contribution in [0, 0.1) is 5.92 Å². The molecule has 1 aliphatic heterocycles. The molecule has 2 aliphatic rings. The quantitative estimate of drug-likeness (QED) is 0.404. The van der Waals surface area contributed by atoms with Gasteiger partial charge < -0.3 is 19.5 Å². The summed E-state index contributed by atoms with van der Waals surface area (Å²) in [6.45, 7) is 13.0. The zero-order valence-corrected chi connectivity index (χ0v) is 22.6. The van der Waals surface area contributed by atoms with Crippen LogP contribution >= 0.6 is 0 Å². The van der Waals surface area contributed by atoms with Gasteiger partial charge in [0.15, 0.2) is 0 Å². The summed E-state index contributed by atoms with van der Waals surface area (Å²) in [5.74, 6) is 2.65. The monoisotopic (exact) mass is 495 g/mol. The summed E-state index contributed by atoms with van der Waals surface area (Å²) in [5.41, 5.74) is 2.17. The highest BCUT2D eigenvalue weighted by Crippen LogP contribution is 2.24. The fourth-order valence-electron chi connectivity index (χ4n) is 3.97. The SMILES string of the molecule is C=C(C)C(=NC(=NC)C1CCN(C(=O)OC(C)(C)C)CC1)c1ccc(OC2=CCCC=C2)cc1.CO. The number of piperidine rings is 1. The van der Waals surface area contributed by atoms with E-state index in [1.165, 1.54) is 0 Å². The molecule has 0 atom stereocenters. The summed E-state index contributed by atoms with van der Waals surface area (Å²) in [6.07, 6.45) is 9.65. The Labute approximate surface area is 215 Å². The maximum Gasteiger partial charge on any atom is 0.410 e. The van der Waals surface area contributed by atoms with Gasteiger partial charge in [-0.15, -0.1) is 0 Å². The first-order chi connectivity index (χ1) is 17.2. The fraction of sp³-hybridized carbons (Fsp3) is 0.483. The molecule has 0 spiro atoms. The molecular weight excluding hydrogens is 454 g/mol. The predicted octanol–water partition coefficient (Wildman–Crippen LogP) is 5.95. The van der Waals surface area contributed by atoms with Gasteiger partial charge in [-0.05, 0) is 95.4 Å². The van der Waals surface area contributed by atoms with Crippen molar-refractivity contribution < 1.29 is 19.4 Å². The highest BCUT2D eigenvalue weighted by atomic mass is 16.6. The number of carbonyl (C=O) groups is 1. The number of aliphatic imine (C=N–C) groups is 2. The van der Waals surface area contributed by atoms with E-state index >= 15 is 0 Å². The minimum atomic E-state index is -0.491. The van der Waals surface area contributed by atoms with Crippen LogP contribution in [0.3, 0.4) is 0 Å². The van der Waals surface area contributed by atoms with Crippen LogP contribution in [0.1, 0.15) is 58.9 Å². The Morgan fingerprint density at radius 3 is 2.25 bits per heavy atom. The van der Waals surface area contributed by atoms with Gasteiger partial charge in [0.1, 0.15) is 22.9 Å². The third kappa shape index (κ3) is 8.79. The minimum Gasteiger partial charge on any atom is -0.458 e. The molecule has 3 rings (SSSR count). The van der Waals surface area contributed by atoms with Crippen molar-refractivity contribution in [1.29, 1.82) is 0 Å². The minimum absolute atomic E-state index is 0.186. The van der Waals surface area contributed by atoms with Gasteiger partial charge in [-0.3, -0.25) is 4.99 Å². The number of aliphatic hydroxyl groups excluding tert-OH is 1. The third-order valence-electron chi connectivity index (χ3n) is 5.70. The number of aliphatic hydroxyl groups is 1. The van der Waals surface area contributed by atoms with Crippen molar-refractivity contribution in [2.45, 2.75) is 59.0 Å². The van der Waals surface area contributed by atoms with Crippen LogP contribution in [0.15, 0.2) is 70.4 Å². The number of carbonyl (C=O) groups excluding carboxylic acids is 1. The first-order valence-electron chi connectivity index (χ1n) is 12.4. The Balaban J connectivity index is 0.00000222. The number of rotatable bonds is 5. The molecule has 1 heterocycles. The Morgan fingerprint density at radius 2 is 1.75 bits per heavy atom. The largest absolute Gasteiger partial charge is 0.458 e. The zero-order chi connectivity index (χ0) is 26.7. The topological polar surface area (TPSA) is 83.7 Å².